The number of aryl methyl sites for hydroxylation is 3. The van der Waals surface area contributed by atoms with Crippen LogP contribution in [-0.4, -0.2) is 36.6 Å². The molecule has 1 aliphatic rings. The molecule has 1 saturated carbocycles. The van der Waals surface area contributed by atoms with E-state index in [1.165, 1.54) is 47.9 Å². The first-order valence-electron chi connectivity index (χ1n) is 11.9. The summed E-state index contributed by atoms with van der Waals surface area (Å²) in [5.41, 5.74) is 6.60. The molecule has 0 bridgehead atoms. The van der Waals surface area contributed by atoms with Gasteiger partial charge in [0.05, 0.1) is 5.52 Å². The summed E-state index contributed by atoms with van der Waals surface area (Å²) >= 11 is 0. The van der Waals surface area contributed by atoms with E-state index >= 15 is 0 Å². The second-order valence-electron chi connectivity index (χ2n) is 9.65. The molecule has 170 valence electrons. The number of aromatic nitrogens is 2. The summed E-state index contributed by atoms with van der Waals surface area (Å²) in [5, 5.41) is 8.44. The van der Waals surface area contributed by atoms with Crippen molar-refractivity contribution in [3.05, 3.63) is 58.7 Å². The van der Waals surface area contributed by atoms with Gasteiger partial charge in [0.2, 0.25) is 5.95 Å². The number of rotatable bonds is 7. The molecule has 1 aliphatic carbocycles. The molecule has 0 unspecified atom stereocenters. The zero-order valence-electron chi connectivity index (χ0n) is 20.2. The molecule has 0 amide bonds. The highest BCUT2D eigenvalue weighted by molar-refractivity contribution is 5.90. The Morgan fingerprint density at radius 1 is 0.938 bits per heavy atom. The smallest absolute Gasteiger partial charge is 0.225 e. The van der Waals surface area contributed by atoms with Crippen LogP contribution in [0.3, 0.4) is 0 Å². The van der Waals surface area contributed by atoms with Crippen LogP contribution in [0, 0.1) is 26.7 Å². The van der Waals surface area contributed by atoms with Gasteiger partial charge in [-0.15, -0.1) is 0 Å². The number of anilines is 2. The van der Waals surface area contributed by atoms with Crippen LogP contribution >= 0.6 is 0 Å². The van der Waals surface area contributed by atoms with Gasteiger partial charge >= 0.3 is 0 Å². The summed E-state index contributed by atoms with van der Waals surface area (Å²) in [5.74, 6) is 2.46. The Labute approximate surface area is 192 Å². The van der Waals surface area contributed by atoms with Crippen molar-refractivity contribution in [2.45, 2.75) is 59.0 Å². The Balaban J connectivity index is 1.30. The zero-order valence-corrected chi connectivity index (χ0v) is 20.2. The standard InChI is InChI=1S/C27H37N5/c1-18-14-19(2)24(20(3)15-18)17-28-16-21-10-12-22(13-11-21)29-27-30-25-9-7-6-8-23(25)26(31-27)32(4)5/h6-9,14-15,21-22,28H,10-13,16-17H2,1-5H3,(H,29,30,31). The maximum atomic E-state index is 4.81. The molecule has 1 fully saturated rings. The molecule has 5 nitrogen and oxygen atoms in total. The second-order valence-corrected chi connectivity index (χ2v) is 9.65. The minimum Gasteiger partial charge on any atom is -0.362 e. The maximum absolute atomic E-state index is 4.81. The number of nitrogens with zero attached hydrogens (tertiary/aromatic N) is 3. The second kappa shape index (κ2) is 9.86. The fourth-order valence-electron chi connectivity index (χ4n) is 5.05. The van der Waals surface area contributed by atoms with Gasteiger partial charge in [0.15, 0.2) is 0 Å². The molecule has 0 saturated heterocycles. The first kappa shape index (κ1) is 22.5. The summed E-state index contributed by atoms with van der Waals surface area (Å²) in [7, 11) is 4.08. The molecule has 1 heterocycles. The van der Waals surface area contributed by atoms with E-state index in [0.29, 0.717) is 6.04 Å². The molecule has 2 N–H and O–H groups in total. The first-order chi connectivity index (χ1) is 15.4. The lowest BCUT2D eigenvalue weighted by atomic mass is 9.86. The lowest BCUT2D eigenvalue weighted by Gasteiger charge is -2.29. The molecule has 0 spiro atoms. The highest BCUT2D eigenvalue weighted by Crippen LogP contribution is 2.28. The molecule has 0 atom stereocenters. The molecular formula is C27H37N5. The Kier molecular flexibility index (Phi) is 6.95. The lowest BCUT2D eigenvalue weighted by molar-refractivity contribution is 0.323. The van der Waals surface area contributed by atoms with Crippen molar-refractivity contribution in [2.75, 3.05) is 30.9 Å². The molecule has 32 heavy (non-hydrogen) atoms. The van der Waals surface area contributed by atoms with Crippen LogP contribution in [0.1, 0.15) is 47.9 Å². The van der Waals surface area contributed by atoms with Gasteiger partial charge in [0.1, 0.15) is 5.82 Å². The SMILES string of the molecule is Cc1cc(C)c(CNCC2CCC(Nc3nc(N(C)C)c4ccccc4n3)CC2)c(C)c1. The predicted molar refractivity (Wildman–Crippen MR) is 136 cm³/mol. The van der Waals surface area contributed by atoms with Crippen molar-refractivity contribution in [1.29, 1.82) is 0 Å². The summed E-state index contributed by atoms with van der Waals surface area (Å²) in [6.45, 7) is 8.69. The number of hydrogen-bond acceptors (Lipinski definition) is 5. The van der Waals surface area contributed by atoms with Gasteiger partial charge in [-0.1, -0.05) is 29.8 Å². The number of benzene rings is 2. The van der Waals surface area contributed by atoms with Gasteiger partial charge in [-0.25, -0.2) is 4.98 Å². The summed E-state index contributed by atoms with van der Waals surface area (Å²) in [6, 6.07) is 13.3. The molecule has 4 rings (SSSR count). The minimum atomic E-state index is 0.448. The van der Waals surface area contributed by atoms with E-state index in [9.17, 15) is 0 Å². The Morgan fingerprint density at radius 3 is 2.31 bits per heavy atom. The van der Waals surface area contributed by atoms with Crippen LogP contribution in [0.25, 0.3) is 10.9 Å². The van der Waals surface area contributed by atoms with Gasteiger partial charge in [-0.2, -0.15) is 4.98 Å². The van der Waals surface area contributed by atoms with Crippen LogP contribution in [-0.2, 0) is 6.54 Å². The van der Waals surface area contributed by atoms with Crippen molar-refractivity contribution >= 4 is 22.7 Å². The van der Waals surface area contributed by atoms with Crippen LogP contribution in [0.5, 0.6) is 0 Å². The molecule has 3 aromatic rings. The normalized spacial score (nSPS) is 18.7. The fourth-order valence-corrected chi connectivity index (χ4v) is 5.05. The third kappa shape index (κ3) is 5.21. The fraction of sp³-hybridized carbons (Fsp3) is 0.481. The van der Waals surface area contributed by atoms with E-state index in [4.69, 9.17) is 9.97 Å². The highest BCUT2D eigenvalue weighted by Gasteiger charge is 2.22. The van der Waals surface area contributed by atoms with Gasteiger partial charge in [0.25, 0.3) is 0 Å². The summed E-state index contributed by atoms with van der Waals surface area (Å²) in [6.07, 6.45) is 4.82. The van der Waals surface area contributed by atoms with E-state index in [2.05, 4.69) is 60.6 Å². The molecule has 2 aromatic carbocycles. The average Bonchev–Trinajstić information content (AvgIpc) is 2.76. The molecule has 1 aromatic heterocycles. The Hall–Kier alpha value is -2.66. The largest absolute Gasteiger partial charge is 0.362 e. The third-order valence-corrected chi connectivity index (χ3v) is 6.76. The van der Waals surface area contributed by atoms with Gasteiger partial charge in [0, 0.05) is 32.1 Å². The number of para-hydroxylation sites is 1. The summed E-state index contributed by atoms with van der Waals surface area (Å²) in [4.78, 5) is 11.7. The van der Waals surface area contributed by atoms with Gasteiger partial charge in [-0.05, 0) is 87.7 Å². The number of nitrogens with one attached hydrogen (secondary N) is 2. The van der Waals surface area contributed by atoms with Crippen LogP contribution in [0.4, 0.5) is 11.8 Å². The van der Waals surface area contributed by atoms with E-state index in [-0.39, 0.29) is 0 Å². The van der Waals surface area contributed by atoms with Crippen molar-refractivity contribution in [3.8, 4) is 0 Å². The Morgan fingerprint density at radius 2 is 1.62 bits per heavy atom. The van der Waals surface area contributed by atoms with Crippen molar-refractivity contribution in [3.63, 3.8) is 0 Å². The van der Waals surface area contributed by atoms with Crippen LogP contribution < -0.4 is 15.5 Å². The molecule has 5 heteroatoms. The van der Waals surface area contributed by atoms with Crippen LogP contribution in [0.15, 0.2) is 36.4 Å². The van der Waals surface area contributed by atoms with Crippen molar-refractivity contribution in [1.82, 2.24) is 15.3 Å². The molecule has 0 aliphatic heterocycles. The number of hydrogen-bond donors (Lipinski definition) is 2. The lowest BCUT2D eigenvalue weighted by Crippen LogP contribution is -2.32. The van der Waals surface area contributed by atoms with Crippen molar-refractivity contribution in [2.24, 2.45) is 5.92 Å². The van der Waals surface area contributed by atoms with Gasteiger partial charge < -0.3 is 15.5 Å². The van der Waals surface area contributed by atoms with E-state index < -0.39 is 0 Å². The zero-order chi connectivity index (χ0) is 22.7. The minimum absolute atomic E-state index is 0.448. The van der Waals surface area contributed by atoms with E-state index in [1.54, 1.807) is 0 Å². The van der Waals surface area contributed by atoms with Crippen LogP contribution in [0.2, 0.25) is 0 Å². The van der Waals surface area contributed by atoms with E-state index in [0.717, 1.165) is 41.7 Å². The predicted octanol–water partition coefficient (Wildman–Crippen LogP) is 5.38. The van der Waals surface area contributed by atoms with Crippen molar-refractivity contribution < 1.29 is 0 Å². The monoisotopic (exact) mass is 431 g/mol. The maximum Gasteiger partial charge on any atom is 0.225 e. The highest BCUT2D eigenvalue weighted by atomic mass is 15.2. The quantitative estimate of drug-likeness (QED) is 0.526. The first-order valence-corrected chi connectivity index (χ1v) is 11.9. The van der Waals surface area contributed by atoms with Gasteiger partial charge in [-0.3, -0.25) is 0 Å². The average molecular weight is 432 g/mol. The van der Waals surface area contributed by atoms with E-state index in [1.807, 2.05) is 26.2 Å². The molecular weight excluding hydrogens is 394 g/mol. The summed E-state index contributed by atoms with van der Waals surface area (Å²) < 4.78 is 0. The number of fused-ring (bicyclic) bond motifs is 1. The molecule has 0 radical (unpaired) electrons. The third-order valence-electron chi connectivity index (χ3n) is 6.76. The Bertz CT molecular complexity index is 1040. The topological polar surface area (TPSA) is 53.1 Å².